The maximum atomic E-state index is 11.9. The molecule has 2 aromatic carbocycles. The lowest BCUT2D eigenvalue weighted by Gasteiger charge is -2.11. The molecule has 0 saturated carbocycles. The Kier molecular flexibility index (Phi) is 6.16. The Morgan fingerprint density at radius 3 is 2.32 bits per heavy atom. The monoisotopic (exact) mass is 298 g/mol. The zero-order valence-electron chi connectivity index (χ0n) is 13.1. The van der Waals surface area contributed by atoms with Gasteiger partial charge in [0.25, 0.3) is 0 Å². The molecule has 0 radical (unpaired) electrons. The van der Waals surface area contributed by atoms with Crippen LogP contribution in [0.4, 0.5) is 0 Å². The Morgan fingerprint density at radius 1 is 1.00 bits per heavy atom. The predicted octanol–water partition coefficient (Wildman–Crippen LogP) is 3.80. The van der Waals surface area contributed by atoms with Gasteiger partial charge in [-0.2, -0.15) is 0 Å². The summed E-state index contributed by atoms with van der Waals surface area (Å²) in [6.45, 7) is 4.78. The van der Waals surface area contributed by atoms with Crippen LogP contribution >= 0.6 is 0 Å². The van der Waals surface area contributed by atoms with Gasteiger partial charge in [-0.1, -0.05) is 42.5 Å². The number of ketones is 1. The number of carbonyl (C=O) groups excluding carboxylic acids is 1. The SMILES string of the molecule is CCOC(C)C(=O)Cc1ccc(OCc2ccccc2)cc1. The van der Waals surface area contributed by atoms with Crippen LogP contribution in [0.15, 0.2) is 54.6 Å². The van der Waals surface area contributed by atoms with Crippen molar-refractivity contribution in [3.8, 4) is 5.75 Å². The second kappa shape index (κ2) is 8.35. The Balaban J connectivity index is 1.86. The number of ether oxygens (including phenoxy) is 2. The van der Waals surface area contributed by atoms with Crippen LogP contribution in [-0.2, 0) is 22.6 Å². The number of rotatable bonds is 8. The molecule has 22 heavy (non-hydrogen) atoms. The molecule has 1 unspecified atom stereocenters. The van der Waals surface area contributed by atoms with Gasteiger partial charge < -0.3 is 9.47 Å². The van der Waals surface area contributed by atoms with E-state index in [0.29, 0.717) is 19.6 Å². The van der Waals surface area contributed by atoms with Crippen LogP contribution in [0.3, 0.4) is 0 Å². The topological polar surface area (TPSA) is 35.5 Å². The van der Waals surface area contributed by atoms with E-state index in [2.05, 4.69) is 0 Å². The van der Waals surface area contributed by atoms with Crippen molar-refractivity contribution in [2.45, 2.75) is 33.0 Å². The molecule has 116 valence electrons. The molecule has 0 aliphatic heterocycles. The van der Waals surface area contributed by atoms with Crippen LogP contribution < -0.4 is 4.74 Å². The molecular formula is C19H22O3. The smallest absolute Gasteiger partial charge is 0.165 e. The number of Topliss-reactive ketones (excluding diaryl/α,β-unsaturated/α-hetero) is 1. The first-order chi connectivity index (χ1) is 10.7. The summed E-state index contributed by atoms with van der Waals surface area (Å²) in [5.41, 5.74) is 2.11. The summed E-state index contributed by atoms with van der Waals surface area (Å²) in [6.07, 6.45) is 0.0409. The molecule has 0 saturated heterocycles. The van der Waals surface area contributed by atoms with Gasteiger partial charge in [0.05, 0.1) is 0 Å². The number of hydrogen-bond donors (Lipinski definition) is 0. The summed E-state index contributed by atoms with van der Waals surface area (Å²) >= 11 is 0. The Labute approximate surface area is 131 Å². The molecule has 0 N–H and O–H groups in total. The maximum Gasteiger partial charge on any atom is 0.165 e. The van der Waals surface area contributed by atoms with Crippen molar-refractivity contribution >= 4 is 5.78 Å². The highest BCUT2D eigenvalue weighted by molar-refractivity contribution is 5.84. The Hall–Kier alpha value is -2.13. The molecule has 2 rings (SSSR count). The van der Waals surface area contributed by atoms with E-state index in [1.54, 1.807) is 6.92 Å². The molecule has 0 fully saturated rings. The van der Waals surface area contributed by atoms with E-state index in [-0.39, 0.29) is 11.9 Å². The van der Waals surface area contributed by atoms with Gasteiger partial charge in [-0.05, 0) is 37.1 Å². The molecule has 0 aliphatic carbocycles. The quantitative estimate of drug-likeness (QED) is 0.743. The molecule has 2 aromatic rings. The minimum atomic E-state index is -0.348. The predicted molar refractivity (Wildman–Crippen MR) is 87.0 cm³/mol. The van der Waals surface area contributed by atoms with Crippen LogP contribution in [0, 0.1) is 0 Å². The molecule has 1 atom stereocenters. The van der Waals surface area contributed by atoms with E-state index in [1.165, 1.54) is 0 Å². The number of hydrogen-bond acceptors (Lipinski definition) is 3. The summed E-state index contributed by atoms with van der Waals surface area (Å²) in [7, 11) is 0. The van der Waals surface area contributed by atoms with Crippen LogP contribution in [-0.4, -0.2) is 18.5 Å². The first-order valence-corrected chi connectivity index (χ1v) is 7.59. The first kappa shape index (κ1) is 16.2. The molecule has 0 spiro atoms. The van der Waals surface area contributed by atoms with Gasteiger partial charge in [0, 0.05) is 13.0 Å². The van der Waals surface area contributed by atoms with E-state index in [0.717, 1.165) is 16.9 Å². The zero-order chi connectivity index (χ0) is 15.8. The fourth-order valence-corrected chi connectivity index (χ4v) is 2.13. The molecule has 0 heterocycles. The fourth-order valence-electron chi connectivity index (χ4n) is 2.13. The summed E-state index contributed by atoms with van der Waals surface area (Å²) in [5.74, 6) is 0.901. The summed E-state index contributed by atoms with van der Waals surface area (Å²) < 4.78 is 11.0. The average Bonchev–Trinajstić information content (AvgIpc) is 2.55. The van der Waals surface area contributed by atoms with E-state index in [9.17, 15) is 4.79 Å². The van der Waals surface area contributed by atoms with Gasteiger partial charge in [0.2, 0.25) is 0 Å². The lowest BCUT2D eigenvalue weighted by atomic mass is 10.1. The standard InChI is InChI=1S/C19H22O3/c1-3-21-15(2)19(20)13-16-9-11-18(12-10-16)22-14-17-7-5-4-6-8-17/h4-12,15H,3,13-14H2,1-2H3. The van der Waals surface area contributed by atoms with Gasteiger partial charge in [0.1, 0.15) is 18.5 Å². The highest BCUT2D eigenvalue weighted by Crippen LogP contribution is 2.15. The van der Waals surface area contributed by atoms with Crippen molar-refractivity contribution in [2.24, 2.45) is 0 Å². The molecule has 3 nitrogen and oxygen atoms in total. The van der Waals surface area contributed by atoms with Crippen molar-refractivity contribution < 1.29 is 14.3 Å². The van der Waals surface area contributed by atoms with Crippen molar-refractivity contribution in [3.63, 3.8) is 0 Å². The number of benzene rings is 2. The zero-order valence-corrected chi connectivity index (χ0v) is 13.1. The largest absolute Gasteiger partial charge is 0.489 e. The average molecular weight is 298 g/mol. The minimum Gasteiger partial charge on any atom is -0.489 e. The molecule has 0 bridgehead atoms. The van der Waals surface area contributed by atoms with Gasteiger partial charge in [0.15, 0.2) is 5.78 Å². The molecule has 0 aromatic heterocycles. The molecule has 0 amide bonds. The summed E-state index contributed by atoms with van der Waals surface area (Å²) in [5, 5.41) is 0. The molecule has 3 heteroatoms. The van der Waals surface area contributed by atoms with E-state index in [4.69, 9.17) is 9.47 Å². The highest BCUT2D eigenvalue weighted by Gasteiger charge is 2.13. The maximum absolute atomic E-state index is 11.9. The second-order valence-corrected chi connectivity index (χ2v) is 5.16. The fraction of sp³-hybridized carbons (Fsp3) is 0.316. The van der Waals surface area contributed by atoms with Crippen molar-refractivity contribution in [3.05, 3.63) is 65.7 Å². The Bertz CT molecular complexity index is 575. The lowest BCUT2D eigenvalue weighted by Crippen LogP contribution is -2.22. The summed E-state index contributed by atoms with van der Waals surface area (Å²) in [4.78, 5) is 11.9. The van der Waals surface area contributed by atoms with Crippen LogP contribution in [0.1, 0.15) is 25.0 Å². The molecule has 0 aliphatic rings. The normalized spacial score (nSPS) is 11.9. The van der Waals surface area contributed by atoms with E-state index in [1.807, 2.05) is 61.5 Å². The molecular weight excluding hydrogens is 276 g/mol. The number of carbonyl (C=O) groups is 1. The first-order valence-electron chi connectivity index (χ1n) is 7.59. The van der Waals surface area contributed by atoms with Gasteiger partial charge >= 0.3 is 0 Å². The van der Waals surface area contributed by atoms with Gasteiger partial charge in [-0.15, -0.1) is 0 Å². The summed E-state index contributed by atoms with van der Waals surface area (Å²) in [6, 6.07) is 17.7. The third-order valence-corrected chi connectivity index (χ3v) is 3.42. The highest BCUT2D eigenvalue weighted by atomic mass is 16.5. The van der Waals surface area contributed by atoms with E-state index >= 15 is 0 Å². The third-order valence-electron chi connectivity index (χ3n) is 3.42. The van der Waals surface area contributed by atoms with Crippen LogP contribution in [0.5, 0.6) is 5.75 Å². The minimum absolute atomic E-state index is 0.0970. The lowest BCUT2D eigenvalue weighted by molar-refractivity contribution is -0.128. The van der Waals surface area contributed by atoms with Crippen LogP contribution in [0.25, 0.3) is 0 Å². The van der Waals surface area contributed by atoms with Gasteiger partial charge in [-0.3, -0.25) is 4.79 Å². The second-order valence-electron chi connectivity index (χ2n) is 5.16. The van der Waals surface area contributed by atoms with Gasteiger partial charge in [-0.25, -0.2) is 0 Å². The van der Waals surface area contributed by atoms with Crippen LogP contribution in [0.2, 0.25) is 0 Å². The van der Waals surface area contributed by atoms with E-state index < -0.39 is 0 Å². The Morgan fingerprint density at radius 2 is 1.68 bits per heavy atom. The third kappa shape index (κ3) is 5.01. The van der Waals surface area contributed by atoms with Crippen molar-refractivity contribution in [2.75, 3.05) is 6.61 Å². The van der Waals surface area contributed by atoms with Crippen molar-refractivity contribution in [1.82, 2.24) is 0 Å². The van der Waals surface area contributed by atoms with Crippen molar-refractivity contribution in [1.29, 1.82) is 0 Å².